The number of ether oxygens (including phenoxy) is 1. The first-order chi connectivity index (χ1) is 15.4. The normalized spacial score (nSPS) is 21.7. The van der Waals surface area contributed by atoms with E-state index >= 15 is 4.39 Å². The van der Waals surface area contributed by atoms with Crippen LogP contribution in [0.4, 0.5) is 20.7 Å². The molecule has 2 amide bonds. The number of amides is 2. The minimum Gasteiger partial charge on any atom is -0.414 e. The number of hydrogen-bond acceptors (Lipinski definition) is 7. The van der Waals surface area contributed by atoms with Crippen molar-refractivity contribution >= 4 is 23.5 Å². The minimum absolute atomic E-state index is 0.133. The van der Waals surface area contributed by atoms with Crippen molar-refractivity contribution in [3.63, 3.8) is 0 Å². The van der Waals surface area contributed by atoms with E-state index in [-0.39, 0.29) is 13.2 Å². The Labute approximate surface area is 185 Å². The molecular formula is C22H24FN6O3+. The second-order valence-electron chi connectivity index (χ2n) is 7.93. The highest BCUT2D eigenvalue weighted by molar-refractivity contribution is 5.93. The summed E-state index contributed by atoms with van der Waals surface area (Å²) in [6.45, 7) is 4.54. The summed E-state index contributed by atoms with van der Waals surface area (Å²) in [7, 11) is 0. The molecule has 0 spiro atoms. The number of benzene rings is 1. The summed E-state index contributed by atoms with van der Waals surface area (Å²) in [5.74, 6) is -0.430. The number of anilines is 1. The number of halogens is 1. The predicted octanol–water partition coefficient (Wildman–Crippen LogP) is 1.82. The number of piperazine rings is 1. The Balaban J connectivity index is 1.59. The molecule has 1 aromatic carbocycles. The lowest BCUT2D eigenvalue weighted by atomic mass is 10.0. The summed E-state index contributed by atoms with van der Waals surface area (Å²) >= 11 is 0. The molecule has 2 atom stereocenters. The van der Waals surface area contributed by atoms with Crippen LogP contribution >= 0.6 is 0 Å². The molecule has 166 valence electrons. The van der Waals surface area contributed by atoms with Gasteiger partial charge in [-0.3, -0.25) is 4.79 Å². The van der Waals surface area contributed by atoms with Gasteiger partial charge in [-0.15, -0.1) is 0 Å². The zero-order valence-corrected chi connectivity index (χ0v) is 17.7. The van der Waals surface area contributed by atoms with Crippen LogP contribution in [0.15, 0.2) is 36.5 Å². The highest BCUT2D eigenvalue weighted by Gasteiger charge is 2.53. The van der Waals surface area contributed by atoms with Gasteiger partial charge in [0.25, 0.3) is 5.91 Å². The fourth-order valence-electron chi connectivity index (χ4n) is 4.26. The molecule has 0 bridgehead atoms. The molecule has 2 saturated heterocycles. The van der Waals surface area contributed by atoms with Gasteiger partial charge in [0.2, 0.25) is 0 Å². The number of nitrogens with zero attached hydrogens (tertiary/aromatic N) is 5. The maximum absolute atomic E-state index is 15.1. The number of quaternary nitrogens is 1. The molecule has 0 aliphatic carbocycles. The van der Waals surface area contributed by atoms with E-state index in [0.29, 0.717) is 43.0 Å². The summed E-state index contributed by atoms with van der Waals surface area (Å²) in [4.78, 5) is 32.6. The molecule has 2 N–H and O–H groups in total. The maximum atomic E-state index is 15.1. The second-order valence-corrected chi connectivity index (χ2v) is 7.93. The van der Waals surface area contributed by atoms with Crippen LogP contribution in [0.2, 0.25) is 0 Å². The molecule has 2 fully saturated rings. The van der Waals surface area contributed by atoms with Crippen molar-refractivity contribution in [3.05, 3.63) is 42.3 Å². The smallest absolute Gasteiger partial charge is 0.414 e. The third-order valence-electron chi connectivity index (χ3n) is 6.29. The summed E-state index contributed by atoms with van der Waals surface area (Å²) in [5, 5.41) is 8.97. The molecule has 3 heterocycles. The van der Waals surface area contributed by atoms with Gasteiger partial charge in [-0.1, -0.05) is 0 Å². The van der Waals surface area contributed by atoms with Crippen molar-refractivity contribution in [1.82, 2.24) is 14.4 Å². The van der Waals surface area contributed by atoms with E-state index in [1.807, 2.05) is 6.07 Å². The van der Waals surface area contributed by atoms with E-state index in [1.54, 1.807) is 36.2 Å². The van der Waals surface area contributed by atoms with Gasteiger partial charge in [-0.2, -0.15) is 14.5 Å². The molecule has 2 aliphatic heterocycles. The van der Waals surface area contributed by atoms with Crippen molar-refractivity contribution in [2.45, 2.75) is 13.0 Å². The van der Waals surface area contributed by atoms with E-state index in [1.165, 1.54) is 6.07 Å². The lowest BCUT2D eigenvalue weighted by Gasteiger charge is -2.32. The summed E-state index contributed by atoms with van der Waals surface area (Å²) < 4.78 is 19.8. The van der Waals surface area contributed by atoms with Gasteiger partial charge >= 0.3 is 6.09 Å². The van der Waals surface area contributed by atoms with Crippen molar-refractivity contribution < 1.29 is 18.7 Å². The van der Waals surface area contributed by atoms with Gasteiger partial charge in [0.1, 0.15) is 30.5 Å². The number of nitrogens with two attached hydrogens (primary N) is 1. The third-order valence-corrected chi connectivity index (χ3v) is 6.29. The number of pyridine rings is 1. The van der Waals surface area contributed by atoms with Crippen molar-refractivity contribution in [2.75, 3.05) is 44.2 Å². The first kappa shape index (κ1) is 21.5. The fraction of sp³-hybridized carbons (Fsp3) is 0.364. The predicted molar refractivity (Wildman–Crippen MR) is 116 cm³/mol. The molecule has 10 heteroatoms. The van der Waals surface area contributed by atoms with Gasteiger partial charge in [-0.25, -0.2) is 9.37 Å². The van der Waals surface area contributed by atoms with Crippen molar-refractivity contribution in [1.29, 1.82) is 5.26 Å². The molecular weight excluding hydrogens is 415 g/mol. The van der Waals surface area contributed by atoms with E-state index in [4.69, 9.17) is 15.7 Å². The van der Waals surface area contributed by atoms with Gasteiger partial charge in [0, 0.05) is 55.6 Å². The highest BCUT2D eigenvalue weighted by atomic mass is 19.1. The Kier molecular flexibility index (Phi) is 5.67. The zero-order chi connectivity index (χ0) is 22.9. The molecule has 9 nitrogen and oxygen atoms in total. The Morgan fingerprint density at radius 1 is 1.28 bits per heavy atom. The number of rotatable bonds is 5. The number of cyclic esters (lactones) is 1. The molecule has 2 aliphatic rings. The van der Waals surface area contributed by atoms with Crippen molar-refractivity contribution in [3.8, 4) is 17.3 Å². The molecule has 2 unspecified atom stereocenters. The SMILES string of the molecule is CC(C(N)=O)[N+]1(c2ccc(-c3ccc(N4CCN(C#N)CC4)nc3)c(F)c2)CCOC1=O. The Morgan fingerprint density at radius 2 is 2.03 bits per heavy atom. The number of carbonyl (C=O) groups is 2. The number of primary amides is 1. The first-order valence-corrected chi connectivity index (χ1v) is 10.4. The van der Waals surface area contributed by atoms with Crippen LogP contribution in [-0.4, -0.2) is 67.3 Å². The second kappa shape index (κ2) is 8.43. The Morgan fingerprint density at radius 3 is 2.56 bits per heavy atom. The quantitative estimate of drug-likeness (QED) is 0.559. The molecule has 2 aromatic rings. The summed E-state index contributed by atoms with van der Waals surface area (Å²) in [5.41, 5.74) is 6.71. The molecule has 0 saturated carbocycles. The maximum Gasteiger partial charge on any atom is 0.522 e. The standard InChI is InChI=1S/C22H23FN6O3/c1-15(21(25)30)29(10-11-32-22(29)31)17-3-4-18(19(23)12-17)16-2-5-20(26-13-16)28-8-6-27(14-24)7-9-28/h2-5,12-13,15H,6-11H2,1H3,(H-,25,30)/p+1. The van der Waals surface area contributed by atoms with Gasteiger partial charge in [0.05, 0.1) is 0 Å². The molecule has 4 rings (SSSR count). The van der Waals surface area contributed by atoms with E-state index in [2.05, 4.69) is 16.1 Å². The summed E-state index contributed by atoms with van der Waals surface area (Å²) in [6.07, 6.45) is 3.13. The zero-order valence-electron chi connectivity index (χ0n) is 17.7. The topological polar surface area (TPSA) is 113 Å². The number of nitriles is 1. The van der Waals surface area contributed by atoms with E-state index in [0.717, 1.165) is 5.82 Å². The molecule has 0 radical (unpaired) electrons. The highest BCUT2D eigenvalue weighted by Crippen LogP contribution is 2.35. The Bertz CT molecular complexity index is 1080. The lowest BCUT2D eigenvalue weighted by Crippen LogP contribution is -2.61. The van der Waals surface area contributed by atoms with Gasteiger partial charge in [-0.05, 0) is 25.1 Å². The van der Waals surface area contributed by atoms with Crippen LogP contribution in [0.3, 0.4) is 0 Å². The first-order valence-electron chi connectivity index (χ1n) is 10.4. The number of hydrogen-bond donors (Lipinski definition) is 1. The van der Waals surface area contributed by atoms with Crippen LogP contribution in [0.1, 0.15) is 6.92 Å². The monoisotopic (exact) mass is 439 g/mol. The average molecular weight is 439 g/mol. The lowest BCUT2D eigenvalue weighted by molar-refractivity contribution is -0.121. The van der Waals surface area contributed by atoms with E-state index < -0.39 is 28.3 Å². The number of carbonyl (C=O) groups excluding carboxylic acids is 2. The van der Waals surface area contributed by atoms with Crippen molar-refractivity contribution in [2.24, 2.45) is 5.73 Å². The van der Waals surface area contributed by atoms with E-state index in [9.17, 15) is 9.59 Å². The van der Waals surface area contributed by atoms with Gasteiger partial charge in [0.15, 0.2) is 12.2 Å². The molecule has 1 aromatic heterocycles. The van der Waals surface area contributed by atoms with Crippen LogP contribution in [-0.2, 0) is 9.53 Å². The third kappa shape index (κ3) is 3.61. The van der Waals surface area contributed by atoms with Crippen LogP contribution < -0.4 is 15.1 Å². The average Bonchev–Trinajstić information content (AvgIpc) is 3.20. The number of aromatic nitrogens is 1. The summed E-state index contributed by atoms with van der Waals surface area (Å²) in [6, 6.07) is 7.18. The fourth-order valence-corrected chi connectivity index (χ4v) is 4.26. The van der Waals surface area contributed by atoms with Crippen LogP contribution in [0.5, 0.6) is 0 Å². The largest absolute Gasteiger partial charge is 0.522 e. The molecule has 32 heavy (non-hydrogen) atoms. The van der Waals surface area contributed by atoms with Gasteiger partial charge < -0.3 is 20.3 Å². The van der Waals surface area contributed by atoms with Crippen LogP contribution in [0.25, 0.3) is 11.1 Å². The minimum atomic E-state index is -0.891. The Hall–Kier alpha value is -3.71. The van der Waals surface area contributed by atoms with Crippen LogP contribution in [0, 0.1) is 17.3 Å².